The van der Waals surface area contributed by atoms with Gasteiger partial charge in [0, 0.05) is 30.3 Å². The first-order valence-corrected chi connectivity index (χ1v) is 8.40. The van der Waals surface area contributed by atoms with Gasteiger partial charge in [-0.3, -0.25) is 9.48 Å². The van der Waals surface area contributed by atoms with Crippen LogP contribution in [0.4, 0.5) is 0 Å². The van der Waals surface area contributed by atoms with Gasteiger partial charge in [-0.2, -0.15) is 5.10 Å². The van der Waals surface area contributed by atoms with E-state index in [2.05, 4.69) is 28.5 Å². The predicted molar refractivity (Wildman–Crippen MR) is 88.7 cm³/mol. The van der Waals surface area contributed by atoms with Gasteiger partial charge in [-0.25, -0.2) is 0 Å². The van der Waals surface area contributed by atoms with Crippen molar-refractivity contribution in [3.8, 4) is 11.8 Å². The monoisotopic (exact) mass is 321 g/mol. The van der Waals surface area contributed by atoms with Crippen LogP contribution in [-0.4, -0.2) is 32.5 Å². The van der Waals surface area contributed by atoms with E-state index in [0.717, 1.165) is 11.3 Å². The second kappa shape index (κ2) is 7.69. The smallest absolute Gasteiger partial charge is 0.238 e. The SMILES string of the molecule is CC#CCC(C)N(Cc1cnn(C2CCC2)c1C)C(=O)CCl. The van der Waals surface area contributed by atoms with Gasteiger partial charge in [-0.05, 0) is 40.0 Å². The molecule has 4 nitrogen and oxygen atoms in total. The van der Waals surface area contributed by atoms with Gasteiger partial charge in [-0.15, -0.1) is 23.4 Å². The Balaban J connectivity index is 2.13. The molecule has 1 amide bonds. The standard InChI is InChI=1S/C17H24ClN3O/c1-4-5-7-13(2)20(17(22)10-18)12-15-11-19-21(14(15)3)16-8-6-9-16/h11,13,16H,6-10,12H2,1-3H3. The average Bonchev–Trinajstić information content (AvgIpc) is 2.81. The molecular weight excluding hydrogens is 298 g/mol. The van der Waals surface area contributed by atoms with E-state index in [0.29, 0.717) is 19.0 Å². The van der Waals surface area contributed by atoms with E-state index >= 15 is 0 Å². The first-order valence-electron chi connectivity index (χ1n) is 7.86. The molecule has 0 radical (unpaired) electrons. The molecule has 2 rings (SSSR count). The molecular formula is C17H24ClN3O. The maximum Gasteiger partial charge on any atom is 0.238 e. The van der Waals surface area contributed by atoms with Gasteiger partial charge in [0.15, 0.2) is 0 Å². The molecule has 0 aliphatic heterocycles. The van der Waals surface area contributed by atoms with Crippen molar-refractivity contribution < 1.29 is 4.79 Å². The molecule has 1 aliphatic rings. The fourth-order valence-corrected chi connectivity index (χ4v) is 2.88. The van der Waals surface area contributed by atoms with E-state index < -0.39 is 0 Å². The summed E-state index contributed by atoms with van der Waals surface area (Å²) in [6.07, 6.45) is 6.24. The van der Waals surface area contributed by atoms with E-state index in [1.807, 2.05) is 24.9 Å². The highest BCUT2D eigenvalue weighted by Crippen LogP contribution is 2.32. The summed E-state index contributed by atoms with van der Waals surface area (Å²) in [5.74, 6) is 5.87. The molecule has 1 unspecified atom stereocenters. The Kier molecular flexibility index (Phi) is 5.90. The minimum atomic E-state index is -0.0529. The van der Waals surface area contributed by atoms with Gasteiger partial charge >= 0.3 is 0 Å². The van der Waals surface area contributed by atoms with Crippen LogP contribution < -0.4 is 0 Å². The average molecular weight is 322 g/mol. The van der Waals surface area contributed by atoms with E-state index in [4.69, 9.17) is 11.6 Å². The Bertz CT molecular complexity index is 580. The number of aromatic nitrogens is 2. The van der Waals surface area contributed by atoms with Gasteiger partial charge in [0.05, 0.1) is 12.2 Å². The summed E-state index contributed by atoms with van der Waals surface area (Å²) < 4.78 is 2.11. The zero-order valence-electron chi connectivity index (χ0n) is 13.6. The lowest BCUT2D eigenvalue weighted by Crippen LogP contribution is -2.38. The first-order chi connectivity index (χ1) is 10.6. The fraction of sp³-hybridized carbons (Fsp3) is 0.647. The number of amides is 1. The second-order valence-corrected chi connectivity index (χ2v) is 6.19. The van der Waals surface area contributed by atoms with Crippen molar-refractivity contribution in [2.45, 2.75) is 65.1 Å². The summed E-state index contributed by atoms with van der Waals surface area (Å²) in [7, 11) is 0. The number of hydrogen-bond donors (Lipinski definition) is 0. The molecule has 1 heterocycles. The maximum absolute atomic E-state index is 12.2. The Morgan fingerprint density at radius 2 is 2.32 bits per heavy atom. The molecule has 1 aromatic heterocycles. The fourth-order valence-electron chi connectivity index (χ4n) is 2.72. The third kappa shape index (κ3) is 3.64. The minimum Gasteiger partial charge on any atom is -0.334 e. The lowest BCUT2D eigenvalue weighted by molar-refractivity contribution is -0.131. The summed E-state index contributed by atoms with van der Waals surface area (Å²) in [6, 6.07) is 0.583. The summed E-state index contributed by atoms with van der Waals surface area (Å²) >= 11 is 5.77. The van der Waals surface area contributed by atoms with Gasteiger partial charge in [0.25, 0.3) is 0 Å². The van der Waals surface area contributed by atoms with Crippen LogP contribution in [0.3, 0.4) is 0 Å². The van der Waals surface area contributed by atoms with Crippen LogP contribution >= 0.6 is 11.6 Å². The Labute approximate surface area is 137 Å². The molecule has 0 aromatic carbocycles. The molecule has 0 saturated heterocycles. The number of rotatable bonds is 6. The van der Waals surface area contributed by atoms with E-state index in [1.165, 1.54) is 19.3 Å². The summed E-state index contributed by atoms with van der Waals surface area (Å²) in [6.45, 7) is 6.46. The van der Waals surface area contributed by atoms with Crippen molar-refractivity contribution in [2.24, 2.45) is 0 Å². The summed E-state index contributed by atoms with van der Waals surface area (Å²) in [5.41, 5.74) is 2.26. The van der Waals surface area contributed by atoms with Crippen LogP contribution in [0.1, 0.15) is 56.8 Å². The zero-order chi connectivity index (χ0) is 16.1. The molecule has 1 aliphatic carbocycles. The number of carbonyl (C=O) groups is 1. The number of nitrogens with zero attached hydrogens (tertiary/aromatic N) is 3. The van der Waals surface area contributed by atoms with Crippen molar-refractivity contribution in [2.75, 3.05) is 5.88 Å². The molecule has 0 bridgehead atoms. The molecule has 22 heavy (non-hydrogen) atoms. The lowest BCUT2D eigenvalue weighted by Gasteiger charge is -2.29. The van der Waals surface area contributed by atoms with E-state index in [9.17, 15) is 4.79 Å². The molecule has 1 saturated carbocycles. The minimum absolute atomic E-state index is 0.000294. The second-order valence-electron chi connectivity index (χ2n) is 5.92. The third-order valence-corrected chi connectivity index (χ3v) is 4.68. The van der Waals surface area contributed by atoms with Gasteiger partial charge in [0.1, 0.15) is 5.88 Å². The highest BCUT2D eigenvalue weighted by Gasteiger charge is 2.25. The van der Waals surface area contributed by atoms with Crippen molar-refractivity contribution >= 4 is 17.5 Å². The normalized spacial score (nSPS) is 15.6. The largest absolute Gasteiger partial charge is 0.334 e. The Morgan fingerprint density at radius 1 is 1.59 bits per heavy atom. The third-order valence-electron chi connectivity index (χ3n) is 4.45. The molecule has 1 fully saturated rings. The van der Waals surface area contributed by atoms with Crippen molar-refractivity contribution in [1.82, 2.24) is 14.7 Å². The zero-order valence-corrected chi connectivity index (χ0v) is 14.4. The van der Waals surface area contributed by atoms with Crippen LogP contribution in [0.25, 0.3) is 0 Å². The molecule has 0 spiro atoms. The molecule has 0 N–H and O–H groups in total. The quantitative estimate of drug-likeness (QED) is 0.595. The van der Waals surface area contributed by atoms with Crippen molar-refractivity contribution in [3.05, 3.63) is 17.5 Å². The topological polar surface area (TPSA) is 38.1 Å². The molecule has 120 valence electrons. The number of halogens is 1. The highest BCUT2D eigenvalue weighted by atomic mass is 35.5. The van der Waals surface area contributed by atoms with Gasteiger partial charge in [0.2, 0.25) is 5.91 Å². The highest BCUT2D eigenvalue weighted by molar-refractivity contribution is 6.27. The van der Waals surface area contributed by atoms with Gasteiger partial charge < -0.3 is 4.90 Å². The Hall–Kier alpha value is -1.47. The van der Waals surface area contributed by atoms with Crippen molar-refractivity contribution in [3.63, 3.8) is 0 Å². The Morgan fingerprint density at radius 3 is 2.86 bits per heavy atom. The summed E-state index contributed by atoms with van der Waals surface area (Å²) in [4.78, 5) is 14.0. The molecule has 5 heteroatoms. The molecule has 1 atom stereocenters. The van der Waals surface area contributed by atoms with Gasteiger partial charge in [-0.1, -0.05) is 0 Å². The molecule has 1 aromatic rings. The lowest BCUT2D eigenvalue weighted by atomic mass is 9.93. The summed E-state index contributed by atoms with van der Waals surface area (Å²) in [5, 5.41) is 4.52. The van der Waals surface area contributed by atoms with E-state index in [-0.39, 0.29) is 17.8 Å². The van der Waals surface area contributed by atoms with Crippen LogP contribution in [-0.2, 0) is 11.3 Å². The number of alkyl halides is 1. The number of carbonyl (C=O) groups excluding carboxylic acids is 1. The van der Waals surface area contributed by atoms with E-state index in [1.54, 1.807) is 0 Å². The van der Waals surface area contributed by atoms with Crippen LogP contribution in [0.15, 0.2) is 6.20 Å². The van der Waals surface area contributed by atoms with Crippen LogP contribution in [0, 0.1) is 18.8 Å². The number of hydrogen-bond acceptors (Lipinski definition) is 2. The van der Waals surface area contributed by atoms with Crippen molar-refractivity contribution in [1.29, 1.82) is 0 Å². The van der Waals surface area contributed by atoms with Crippen LogP contribution in [0.2, 0.25) is 0 Å². The predicted octanol–water partition coefficient (Wildman–Crippen LogP) is 3.29. The first kappa shape index (κ1) is 16.9. The maximum atomic E-state index is 12.2. The van der Waals surface area contributed by atoms with Crippen LogP contribution in [0.5, 0.6) is 0 Å².